The third kappa shape index (κ3) is 7.95. The zero-order valence-electron chi connectivity index (χ0n) is 30.7. The van der Waals surface area contributed by atoms with Gasteiger partial charge in [-0.3, -0.25) is 4.79 Å². The van der Waals surface area contributed by atoms with Crippen molar-refractivity contribution in [2.24, 2.45) is 0 Å². The monoisotopic (exact) mass is 680 g/mol. The molecule has 0 aliphatic rings. The van der Waals surface area contributed by atoms with Crippen molar-refractivity contribution in [3.8, 4) is 11.1 Å². The zero-order chi connectivity index (χ0) is 34.6. The average molecular weight is 681 g/mol. The maximum atomic E-state index is 13.9. The normalized spacial score (nSPS) is 14.3. The van der Waals surface area contributed by atoms with Gasteiger partial charge in [-0.05, 0) is 87.3 Å². The number of benzene rings is 2. The van der Waals surface area contributed by atoms with Crippen LogP contribution in [0.15, 0.2) is 71.9 Å². The maximum absolute atomic E-state index is 13.9. The summed E-state index contributed by atoms with van der Waals surface area (Å²) in [7, 11) is -4.31. The Hall–Kier alpha value is -2.11. The fraction of sp³-hybridized carbons (Fsp3) is 0.553. The summed E-state index contributed by atoms with van der Waals surface area (Å²) < 4.78 is 26.1. The Kier molecular flexibility index (Phi) is 13.2. The van der Waals surface area contributed by atoms with Crippen LogP contribution < -0.4 is 4.72 Å². The molecule has 2 aromatic carbocycles. The fourth-order valence-corrected chi connectivity index (χ4v) is 21.1. The predicted molar refractivity (Wildman–Crippen MR) is 202 cm³/mol. The number of hydrogen-bond donors (Lipinski definition) is 1. The summed E-state index contributed by atoms with van der Waals surface area (Å²) in [6, 6.07) is 17.8. The molecular weight excluding hydrogens is 621 g/mol. The number of carbonyl (C=O) groups is 1. The summed E-state index contributed by atoms with van der Waals surface area (Å²) in [5, 5.41) is 0. The first-order valence-corrected chi connectivity index (χ1v) is 22.7. The van der Waals surface area contributed by atoms with Crippen LogP contribution in [0.1, 0.15) is 107 Å². The lowest BCUT2D eigenvalue weighted by molar-refractivity contribution is -0.136. The number of nitrogens with one attached hydrogen (secondary N) is 1. The standard InChI is InChI=1S/C38H60N2O3SSi2/c1-26(2)45(27(3)4,28(5)6)40-22-21-35(25-40)33-15-14-16-34(23-33)37(39-44(42)36-19-17-32(13)18-20-36)24-38(41)43-46(29(7)8,30(9)10)31(11)12/h14-23,25-31,37,39H,24H2,1-13H3/t37-,44?/m0/s1. The van der Waals surface area contributed by atoms with E-state index in [-0.39, 0.29) is 29.0 Å². The van der Waals surface area contributed by atoms with Crippen molar-refractivity contribution in [1.82, 2.24) is 8.95 Å². The van der Waals surface area contributed by atoms with Crippen LogP contribution in [0.2, 0.25) is 33.2 Å². The van der Waals surface area contributed by atoms with E-state index in [1.54, 1.807) is 0 Å². The molecule has 0 spiro atoms. The minimum atomic E-state index is -2.43. The van der Waals surface area contributed by atoms with Gasteiger partial charge in [0.15, 0.2) is 13.1 Å². The molecule has 0 saturated carbocycles. The van der Waals surface area contributed by atoms with Crippen molar-refractivity contribution in [1.29, 1.82) is 0 Å². The molecule has 0 radical (unpaired) electrons. The molecule has 46 heavy (non-hydrogen) atoms. The van der Waals surface area contributed by atoms with Gasteiger partial charge in [0.2, 0.25) is 0 Å². The smallest absolute Gasteiger partial charge is 0.294 e. The van der Waals surface area contributed by atoms with Gasteiger partial charge in [0.1, 0.15) is 0 Å². The van der Waals surface area contributed by atoms with Gasteiger partial charge in [0.05, 0.1) is 23.8 Å². The van der Waals surface area contributed by atoms with E-state index < -0.39 is 34.0 Å². The van der Waals surface area contributed by atoms with Crippen LogP contribution in [-0.4, -0.2) is 31.3 Å². The molecule has 3 rings (SSSR count). The van der Waals surface area contributed by atoms with Gasteiger partial charge < -0.3 is 13.2 Å². The van der Waals surface area contributed by atoms with Crippen molar-refractivity contribution in [2.45, 2.75) is 141 Å². The van der Waals surface area contributed by atoms with Crippen molar-refractivity contribution in [2.75, 3.05) is 0 Å². The highest BCUT2D eigenvalue weighted by Gasteiger charge is 2.48. The van der Waals surface area contributed by atoms with E-state index in [4.69, 9.17) is 4.43 Å². The van der Waals surface area contributed by atoms with E-state index >= 15 is 0 Å². The first kappa shape index (κ1) is 38.3. The quantitative estimate of drug-likeness (QED) is 0.128. The molecule has 0 bridgehead atoms. The van der Waals surface area contributed by atoms with Crippen LogP contribution in [0.4, 0.5) is 0 Å². The highest BCUT2D eigenvalue weighted by Crippen LogP contribution is 2.44. The predicted octanol–water partition coefficient (Wildman–Crippen LogP) is 10.9. The van der Waals surface area contributed by atoms with Gasteiger partial charge in [-0.15, -0.1) is 4.72 Å². The van der Waals surface area contributed by atoms with Crippen LogP contribution in [0.25, 0.3) is 11.1 Å². The molecule has 0 aliphatic carbocycles. The second kappa shape index (κ2) is 15.9. The van der Waals surface area contributed by atoms with Crippen LogP contribution in [0.5, 0.6) is 0 Å². The minimum Gasteiger partial charge on any atom is -0.593 e. The SMILES string of the molecule is Cc1ccc([S+]([O-])N[C@@H](CC(=O)O[Si](C(C)C)(C(C)C)C(C)C)c2cccc(-c3ccn([Si](C(C)C)(C(C)C)C(C)C)c3)c2)cc1. The van der Waals surface area contributed by atoms with Gasteiger partial charge in [0, 0.05) is 6.20 Å². The lowest BCUT2D eigenvalue weighted by Crippen LogP contribution is -2.51. The van der Waals surface area contributed by atoms with E-state index in [0.29, 0.717) is 21.5 Å². The first-order chi connectivity index (χ1) is 21.5. The molecule has 1 aromatic heterocycles. The Balaban J connectivity index is 2.03. The number of hydrogen-bond acceptors (Lipinski definition) is 4. The van der Waals surface area contributed by atoms with Crippen LogP contribution >= 0.6 is 0 Å². The number of carbonyl (C=O) groups excluding carboxylic acids is 1. The summed E-state index contributed by atoms with van der Waals surface area (Å²) >= 11 is -1.51. The highest BCUT2D eigenvalue weighted by atomic mass is 32.2. The van der Waals surface area contributed by atoms with Gasteiger partial charge in [-0.2, -0.15) is 0 Å². The van der Waals surface area contributed by atoms with Crippen LogP contribution in [0, 0.1) is 6.92 Å². The molecule has 0 amide bonds. The molecule has 0 fully saturated rings. The van der Waals surface area contributed by atoms with E-state index in [1.165, 1.54) is 0 Å². The molecule has 1 heterocycles. The van der Waals surface area contributed by atoms with E-state index in [1.807, 2.05) is 43.3 Å². The Morgan fingerprint density at radius 1 is 0.783 bits per heavy atom. The van der Waals surface area contributed by atoms with Gasteiger partial charge in [-0.1, -0.05) is 119 Å². The van der Waals surface area contributed by atoms with Crippen LogP contribution in [-0.2, 0) is 20.6 Å². The Labute approximate surface area is 285 Å². The van der Waals surface area contributed by atoms with Gasteiger partial charge in [-0.25, -0.2) is 0 Å². The van der Waals surface area contributed by atoms with Crippen molar-refractivity contribution in [3.05, 3.63) is 78.1 Å². The highest BCUT2D eigenvalue weighted by molar-refractivity contribution is 7.89. The molecule has 2 atom stereocenters. The van der Waals surface area contributed by atoms with Crippen molar-refractivity contribution in [3.63, 3.8) is 0 Å². The second-order valence-corrected chi connectivity index (χ2v) is 27.4. The maximum Gasteiger partial charge on any atom is 0.294 e. The van der Waals surface area contributed by atoms with E-state index in [0.717, 1.165) is 22.3 Å². The largest absolute Gasteiger partial charge is 0.593 e. The van der Waals surface area contributed by atoms with Crippen LogP contribution in [0.3, 0.4) is 0 Å². The molecule has 0 aliphatic heterocycles. The summed E-state index contributed by atoms with van der Waals surface area (Å²) in [5.41, 5.74) is 6.92. The summed E-state index contributed by atoms with van der Waals surface area (Å²) in [4.78, 5) is 14.5. The van der Waals surface area contributed by atoms with E-state index in [9.17, 15) is 9.35 Å². The average Bonchev–Trinajstić information content (AvgIpc) is 3.45. The topological polar surface area (TPSA) is 66.3 Å². The lowest BCUT2D eigenvalue weighted by Gasteiger charge is -2.44. The number of nitrogens with zero attached hydrogens (tertiary/aromatic N) is 1. The third-order valence-corrected chi connectivity index (χ3v) is 24.3. The molecule has 1 unspecified atom stereocenters. The zero-order valence-corrected chi connectivity index (χ0v) is 33.5. The molecular formula is C38H60N2O3SSi2. The van der Waals surface area contributed by atoms with Gasteiger partial charge in [0.25, 0.3) is 14.3 Å². The third-order valence-electron chi connectivity index (χ3n) is 10.4. The molecule has 0 saturated heterocycles. The Bertz CT molecular complexity index is 1370. The van der Waals surface area contributed by atoms with Crippen molar-refractivity contribution >= 4 is 33.9 Å². The molecule has 1 N–H and O–H groups in total. The Morgan fingerprint density at radius 2 is 1.33 bits per heavy atom. The minimum absolute atomic E-state index is 0.104. The summed E-state index contributed by atoms with van der Waals surface area (Å²) in [5.74, 6) is -0.223. The van der Waals surface area contributed by atoms with Gasteiger partial charge >= 0.3 is 0 Å². The number of rotatable bonds is 15. The first-order valence-electron chi connectivity index (χ1n) is 17.2. The van der Waals surface area contributed by atoms with Crippen molar-refractivity contribution < 1.29 is 13.8 Å². The molecule has 8 heteroatoms. The number of aromatic nitrogens is 1. The lowest BCUT2D eigenvalue weighted by atomic mass is 10.00. The fourth-order valence-electron chi connectivity index (χ4n) is 8.48. The summed E-state index contributed by atoms with van der Waals surface area (Å²) in [6.45, 7) is 29.4. The second-order valence-electron chi connectivity index (χ2n) is 15.0. The molecule has 3 aromatic rings. The van der Waals surface area contributed by atoms with E-state index in [2.05, 4.69) is 123 Å². The molecule has 254 valence electrons. The molecule has 5 nitrogen and oxygen atoms in total. The summed E-state index contributed by atoms with van der Waals surface area (Å²) in [6.07, 6.45) is 4.72. The number of aryl methyl sites for hydroxylation is 1. The Morgan fingerprint density at radius 3 is 1.83 bits per heavy atom.